The maximum absolute atomic E-state index is 10.8. The second kappa shape index (κ2) is 6.01. The van der Waals surface area contributed by atoms with Crippen LogP contribution in [0, 0.1) is 6.92 Å². The zero-order chi connectivity index (χ0) is 12.1. The zero-order valence-electron chi connectivity index (χ0n) is 9.11. The van der Waals surface area contributed by atoms with Crippen molar-refractivity contribution in [3.63, 3.8) is 0 Å². The maximum atomic E-state index is 10.8. The standard InChI is InChI=1S/C12H15BrO3/c1-8-4-2-5-10(11(14)12(15)16)9(8)6-3-7-13/h2,4-5,11,14H,3,6-7H2,1H3,(H,15,16). The summed E-state index contributed by atoms with van der Waals surface area (Å²) >= 11 is 3.34. The van der Waals surface area contributed by atoms with Crippen LogP contribution in [0.25, 0.3) is 0 Å². The maximum Gasteiger partial charge on any atom is 0.337 e. The largest absolute Gasteiger partial charge is 0.479 e. The molecular weight excluding hydrogens is 272 g/mol. The van der Waals surface area contributed by atoms with Crippen molar-refractivity contribution < 1.29 is 15.0 Å². The lowest BCUT2D eigenvalue weighted by atomic mass is 9.94. The van der Waals surface area contributed by atoms with E-state index < -0.39 is 12.1 Å². The minimum atomic E-state index is -1.43. The number of rotatable bonds is 5. The average Bonchev–Trinajstić information content (AvgIpc) is 2.26. The van der Waals surface area contributed by atoms with Crippen LogP contribution in [0.1, 0.15) is 29.2 Å². The van der Waals surface area contributed by atoms with Gasteiger partial charge in [-0.3, -0.25) is 0 Å². The number of aliphatic hydroxyl groups is 1. The number of halogens is 1. The first kappa shape index (κ1) is 13.2. The van der Waals surface area contributed by atoms with Gasteiger partial charge in [0.25, 0.3) is 0 Å². The molecule has 0 aliphatic carbocycles. The average molecular weight is 287 g/mol. The molecule has 2 N–H and O–H groups in total. The Labute approximate surface area is 103 Å². The third-order valence-electron chi connectivity index (χ3n) is 2.54. The van der Waals surface area contributed by atoms with Gasteiger partial charge in [0.05, 0.1) is 0 Å². The van der Waals surface area contributed by atoms with E-state index in [1.165, 1.54) is 0 Å². The van der Waals surface area contributed by atoms with Crippen molar-refractivity contribution >= 4 is 21.9 Å². The second-order valence-corrected chi connectivity index (χ2v) is 4.47. The van der Waals surface area contributed by atoms with Crippen LogP contribution in [-0.2, 0) is 11.2 Å². The Balaban J connectivity index is 3.06. The lowest BCUT2D eigenvalue weighted by Crippen LogP contribution is -2.13. The zero-order valence-corrected chi connectivity index (χ0v) is 10.7. The van der Waals surface area contributed by atoms with E-state index in [0.29, 0.717) is 5.56 Å². The molecule has 0 heterocycles. The molecule has 0 aliphatic heterocycles. The van der Waals surface area contributed by atoms with E-state index in [0.717, 1.165) is 29.3 Å². The van der Waals surface area contributed by atoms with Crippen LogP contribution < -0.4 is 0 Å². The summed E-state index contributed by atoms with van der Waals surface area (Å²) in [4.78, 5) is 10.8. The molecule has 0 spiro atoms. The smallest absolute Gasteiger partial charge is 0.337 e. The van der Waals surface area contributed by atoms with Gasteiger partial charge in [-0.05, 0) is 36.5 Å². The van der Waals surface area contributed by atoms with Crippen LogP contribution in [0.3, 0.4) is 0 Å². The number of carbonyl (C=O) groups is 1. The highest BCUT2D eigenvalue weighted by atomic mass is 79.9. The van der Waals surface area contributed by atoms with Crippen molar-refractivity contribution in [2.24, 2.45) is 0 Å². The van der Waals surface area contributed by atoms with Gasteiger partial charge in [0, 0.05) is 5.33 Å². The second-order valence-electron chi connectivity index (χ2n) is 3.68. The third kappa shape index (κ3) is 3.06. The van der Waals surface area contributed by atoms with Gasteiger partial charge in [-0.15, -0.1) is 0 Å². The Morgan fingerprint density at radius 1 is 1.50 bits per heavy atom. The minimum Gasteiger partial charge on any atom is -0.479 e. The Hall–Kier alpha value is -0.870. The molecule has 1 atom stereocenters. The Bertz CT molecular complexity index is 377. The lowest BCUT2D eigenvalue weighted by molar-refractivity contribution is -0.147. The summed E-state index contributed by atoms with van der Waals surface area (Å²) in [6.45, 7) is 1.93. The van der Waals surface area contributed by atoms with E-state index in [4.69, 9.17) is 5.11 Å². The van der Waals surface area contributed by atoms with Gasteiger partial charge in [0.2, 0.25) is 0 Å². The molecule has 0 fully saturated rings. The topological polar surface area (TPSA) is 57.5 Å². The molecule has 0 aromatic heterocycles. The van der Waals surface area contributed by atoms with E-state index in [2.05, 4.69) is 15.9 Å². The van der Waals surface area contributed by atoms with Crippen LogP contribution in [0.2, 0.25) is 0 Å². The van der Waals surface area contributed by atoms with E-state index in [1.807, 2.05) is 13.0 Å². The first-order valence-corrected chi connectivity index (χ1v) is 6.25. The normalized spacial score (nSPS) is 12.4. The lowest BCUT2D eigenvalue weighted by Gasteiger charge is -2.14. The van der Waals surface area contributed by atoms with Crippen molar-refractivity contribution in [3.05, 3.63) is 34.9 Å². The first-order valence-electron chi connectivity index (χ1n) is 5.13. The van der Waals surface area contributed by atoms with E-state index in [1.54, 1.807) is 12.1 Å². The number of hydrogen-bond acceptors (Lipinski definition) is 2. The molecule has 0 amide bonds. The summed E-state index contributed by atoms with van der Waals surface area (Å²) in [5.41, 5.74) is 2.48. The van der Waals surface area contributed by atoms with Crippen LogP contribution in [0.4, 0.5) is 0 Å². The fraction of sp³-hybridized carbons (Fsp3) is 0.417. The van der Waals surface area contributed by atoms with E-state index in [9.17, 15) is 9.90 Å². The molecule has 1 aromatic carbocycles. The third-order valence-corrected chi connectivity index (χ3v) is 3.10. The highest BCUT2D eigenvalue weighted by Crippen LogP contribution is 2.23. The van der Waals surface area contributed by atoms with Gasteiger partial charge in [-0.1, -0.05) is 34.1 Å². The molecule has 0 saturated heterocycles. The van der Waals surface area contributed by atoms with Crippen molar-refractivity contribution in [1.29, 1.82) is 0 Å². The number of carboxylic acids is 1. The number of hydrogen-bond donors (Lipinski definition) is 2. The van der Waals surface area contributed by atoms with Crippen molar-refractivity contribution in [2.45, 2.75) is 25.9 Å². The molecule has 1 aromatic rings. The molecule has 4 heteroatoms. The van der Waals surface area contributed by atoms with Gasteiger partial charge >= 0.3 is 5.97 Å². The summed E-state index contributed by atoms with van der Waals surface area (Å²) in [7, 11) is 0. The predicted molar refractivity (Wildman–Crippen MR) is 65.9 cm³/mol. The molecule has 0 radical (unpaired) electrons. The molecule has 0 saturated carbocycles. The molecule has 1 unspecified atom stereocenters. The quantitative estimate of drug-likeness (QED) is 0.818. The molecule has 3 nitrogen and oxygen atoms in total. The molecule has 0 aliphatic rings. The first-order chi connectivity index (χ1) is 7.57. The highest BCUT2D eigenvalue weighted by molar-refractivity contribution is 9.09. The number of alkyl halides is 1. The van der Waals surface area contributed by atoms with Crippen molar-refractivity contribution in [1.82, 2.24) is 0 Å². The molecular formula is C12H15BrO3. The van der Waals surface area contributed by atoms with Crippen LogP contribution in [0.5, 0.6) is 0 Å². The van der Waals surface area contributed by atoms with Crippen molar-refractivity contribution in [2.75, 3.05) is 5.33 Å². The molecule has 16 heavy (non-hydrogen) atoms. The number of carboxylic acid groups (broad SMARTS) is 1. The van der Waals surface area contributed by atoms with E-state index >= 15 is 0 Å². The van der Waals surface area contributed by atoms with Crippen LogP contribution >= 0.6 is 15.9 Å². The highest BCUT2D eigenvalue weighted by Gasteiger charge is 2.19. The Morgan fingerprint density at radius 2 is 2.19 bits per heavy atom. The minimum absolute atomic E-state index is 0.508. The summed E-state index contributed by atoms with van der Waals surface area (Å²) in [5, 5.41) is 19.3. The van der Waals surface area contributed by atoms with Crippen LogP contribution in [0.15, 0.2) is 18.2 Å². The number of benzene rings is 1. The number of aryl methyl sites for hydroxylation is 1. The summed E-state index contributed by atoms with van der Waals surface area (Å²) in [6, 6.07) is 5.38. The molecule has 0 bridgehead atoms. The van der Waals surface area contributed by atoms with Crippen LogP contribution in [-0.4, -0.2) is 21.5 Å². The fourth-order valence-corrected chi connectivity index (χ4v) is 1.98. The summed E-state index contributed by atoms with van der Waals surface area (Å²) < 4.78 is 0. The van der Waals surface area contributed by atoms with E-state index in [-0.39, 0.29) is 0 Å². The van der Waals surface area contributed by atoms with Gasteiger partial charge in [-0.2, -0.15) is 0 Å². The molecule has 88 valence electrons. The van der Waals surface area contributed by atoms with Gasteiger partial charge in [0.1, 0.15) is 0 Å². The predicted octanol–water partition coefficient (Wildman–Crippen LogP) is 2.44. The summed E-state index contributed by atoms with van der Waals surface area (Å²) in [5.74, 6) is -1.20. The van der Waals surface area contributed by atoms with Gasteiger partial charge < -0.3 is 10.2 Å². The fourth-order valence-electron chi connectivity index (χ4n) is 1.70. The monoisotopic (exact) mass is 286 g/mol. The van der Waals surface area contributed by atoms with Gasteiger partial charge in [0.15, 0.2) is 6.10 Å². The van der Waals surface area contributed by atoms with Gasteiger partial charge in [-0.25, -0.2) is 4.79 Å². The molecule has 1 rings (SSSR count). The summed E-state index contributed by atoms with van der Waals surface area (Å²) in [6.07, 6.45) is 0.271. The van der Waals surface area contributed by atoms with Crippen molar-refractivity contribution in [3.8, 4) is 0 Å². The number of aliphatic carboxylic acids is 1. The SMILES string of the molecule is Cc1cccc(C(O)C(=O)O)c1CCCBr. The number of aliphatic hydroxyl groups excluding tert-OH is 1. The Morgan fingerprint density at radius 3 is 2.75 bits per heavy atom. The Kier molecular flexibility index (Phi) is 4.96.